The van der Waals surface area contributed by atoms with Crippen LogP contribution in [0.1, 0.15) is 28.5 Å². The number of nitrogens with one attached hydrogen (secondary N) is 1. The van der Waals surface area contributed by atoms with E-state index in [-0.39, 0.29) is 37.3 Å². The monoisotopic (exact) mass is 488 g/mol. The van der Waals surface area contributed by atoms with Gasteiger partial charge in [0.25, 0.3) is 5.91 Å². The van der Waals surface area contributed by atoms with Gasteiger partial charge in [-0.25, -0.2) is 4.39 Å². The van der Waals surface area contributed by atoms with Gasteiger partial charge in [-0.1, -0.05) is 24.3 Å². The normalized spacial score (nSPS) is 17.1. The Bertz CT molecular complexity index is 1380. The Kier molecular flexibility index (Phi) is 6.05. The van der Waals surface area contributed by atoms with E-state index in [9.17, 15) is 14.0 Å². The highest BCUT2D eigenvalue weighted by Crippen LogP contribution is 2.32. The van der Waals surface area contributed by atoms with Crippen molar-refractivity contribution in [2.24, 2.45) is 0 Å². The number of ether oxygens (including phenoxy) is 1. The molecule has 0 saturated heterocycles. The Morgan fingerprint density at radius 2 is 1.86 bits per heavy atom. The maximum Gasteiger partial charge on any atom is 0.273 e. The molecule has 1 atom stereocenters. The highest BCUT2D eigenvalue weighted by atomic mass is 19.1. The molecule has 1 N–H and O–H groups in total. The first-order valence-corrected chi connectivity index (χ1v) is 11.5. The molecule has 8 nitrogen and oxygen atoms in total. The summed E-state index contributed by atoms with van der Waals surface area (Å²) in [5.74, 6) is 0.230. The smallest absolute Gasteiger partial charge is 0.273 e. The Balaban J connectivity index is 1.47. The van der Waals surface area contributed by atoms with Crippen LogP contribution in [0.5, 0.6) is 5.75 Å². The molecule has 2 aromatic carbocycles. The van der Waals surface area contributed by atoms with Crippen molar-refractivity contribution in [2.75, 3.05) is 7.11 Å². The van der Waals surface area contributed by atoms with E-state index in [0.717, 1.165) is 11.1 Å². The predicted octanol–water partition coefficient (Wildman–Crippen LogP) is 4.02. The van der Waals surface area contributed by atoms with Gasteiger partial charge in [0.05, 0.1) is 19.9 Å². The van der Waals surface area contributed by atoms with E-state index in [1.807, 2.05) is 24.3 Å². The fourth-order valence-corrected chi connectivity index (χ4v) is 4.32. The Morgan fingerprint density at radius 3 is 2.53 bits per heavy atom. The van der Waals surface area contributed by atoms with Crippen LogP contribution in [0.2, 0.25) is 0 Å². The van der Waals surface area contributed by atoms with Crippen molar-refractivity contribution < 1.29 is 23.1 Å². The summed E-state index contributed by atoms with van der Waals surface area (Å²) in [6.07, 6.45) is 1.54. The lowest BCUT2D eigenvalue weighted by Crippen LogP contribution is -2.63. The quantitative estimate of drug-likeness (QED) is 0.424. The van der Waals surface area contributed by atoms with Gasteiger partial charge in [-0.3, -0.25) is 14.3 Å². The SMILES string of the molecule is COc1ccc(CN2C(=O)c3cc(-c4ccco4)nn3C[C@]2(C)C(=O)NCc2ccc(F)cc2)cc1. The van der Waals surface area contributed by atoms with Gasteiger partial charge in [-0.05, 0) is 54.4 Å². The molecule has 0 unspecified atom stereocenters. The zero-order valence-corrected chi connectivity index (χ0v) is 19.9. The minimum atomic E-state index is -1.24. The average Bonchev–Trinajstić information content (AvgIpc) is 3.57. The molecule has 2 amide bonds. The number of aromatic nitrogens is 2. The molecule has 9 heteroatoms. The first-order chi connectivity index (χ1) is 17.4. The number of benzene rings is 2. The number of furan rings is 1. The van der Waals surface area contributed by atoms with E-state index in [1.165, 1.54) is 12.1 Å². The highest BCUT2D eigenvalue weighted by molar-refractivity contribution is 6.00. The van der Waals surface area contributed by atoms with Crippen LogP contribution in [-0.4, -0.2) is 39.1 Å². The number of fused-ring (bicyclic) bond motifs is 1. The summed E-state index contributed by atoms with van der Waals surface area (Å²) in [5.41, 5.74) is 1.25. The van der Waals surface area contributed by atoms with Gasteiger partial charge in [-0.2, -0.15) is 5.10 Å². The Labute approximate surface area is 207 Å². The molecule has 5 rings (SSSR count). The summed E-state index contributed by atoms with van der Waals surface area (Å²) < 4.78 is 25.5. The van der Waals surface area contributed by atoms with Crippen LogP contribution in [0.4, 0.5) is 4.39 Å². The van der Waals surface area contributed by atoms with Crippen LogP contribution >= 0.6 is 0 Å². The minimum Gasteiger partial charge on any atom is -0.497 e. The van der Waals surface area contributed by atoms with Gasteiger partial charge in [0.2, 0.25) is 5.91 Å². The lowest BCUT2D eigenvalue weighted by molar-refractivity contribution is -0.133. The molecule has 1 aliphatic heterocycles. The van der Waals surface area contributed by atoms with Gasteiger partial charge in [0.1, 0.15) is 28.5 Å². The number of rotatable bonds is 7. The lowest BCUT2D eigenvalue weighted by Gasteiger charge is -2.43. The molecule has 4 aromatic rings. The van der Waals surface area contributed by atoms with Crippen LogP contribution in [-0.2, 0) is 24.4 Å². The zero-order valence-electron chi connectivity index (χ0n) is 19.9. The van der Waals surface area contributed by atoms with Gasteiger partial charge in [-0.15, -0.1) is 0 Å². The number of methoxy groups -OCH3 is 1. The molecule has 0 spiro atoms. The molecule has 0 radical (unpaired) electrons. The van der Waals surface area contributed by atoms with Gasteiger partial charge in [0, 0.05) is 19.2 Å². The van der Waals surface area contributed by atoms with Gasteiger partial charge < -0.3 is 19.4 Å². The standard InChI is InChI=1S/C27H25FN4O4/c1-27(26(34)29-15-18-5-9-20(28)10-6-18)17-32-23(14-22(30-32)24-4-3-13-36-24)25(33)31(27)16-19-7-11-21(35-2)12-8-19/h3-14H,15-17H2,1-2H3,(H,29,34)/t27-/m1/s1. The van der Waals surface area contributed by atoms with E-state index in [4.69, 9.17) is 9.15 Å². The topological polar surface area (TPSA) is 89.6 Å². The van der Waals surface area contributed by atoms with Crippen molar-refractivity contribution in [3.05, 3.63) is 95.6 Å². The van der Waals surface area contributed by atoms with Crippen molar-refractivity contribution in [1.29, 1.82) is 0 Å². The van der Waals surface area contributed by atoms with Crippen molar-refractivity contribution in [1.82, 2.24) is 20.0 Å². The molecule has 184 valence electrons. The summed E-state index contributed by atoms with van der Waals surface area (Å²) >= 11 is 0. The third kappa shape index (κ3) is 4.35. The fourth-order valence-electron chi connectivity index (χ4n) is 4.32. The number of carbonyl (C=O) groups excluding carboxylic acids is 2. The number of hydrogen-bond donors (Lipinski definition) is 1. The van der Waals surface area contributed by atoms with Crippen LogP contribution < -0.4 is 10.1 Å². The average molecular weight is 489 g/mol. The van der Waals surface area contributed by atoms with E-state index < -0.39 is 5.54 Å². The maximum absolute atomic E-state index is 13.7. The second kappa shape index (κ2) is 9.33. The second-order valence-corrected chi connectivity index (χ2v) is 8.87. The number of carbonyl (C=O) groups is 2. The third-order valence-electron chi connectivity index (χ3n) is 6.43. The van der Waals surface area contributed by atoms with E-state index in [0.29, 0.717) is 22.9 Å². The number of hydrogen-bond acceptors (Lipinski definition) is 5. The summed E-state index contributed by atoms with van der Waals surface area (Å²) in [4.78, 5) is 28.9. The van der Waals surface area contributed by atoms with Crippen LogP contribution in [0.3, 0.4) is 0 Å². The molecule has 2 aromatic heterocycles. The first kappa shape index (κ1) is 23.3. The Hall–Kier alpha value is -4.40. The molecule has 36 heavy (non-hydrogen) atoms. The van der Waals surface area contributed by atoms with Crippen molar-refractivity contribution in [3.8, 4) is 17.2 Å². The summed E-state index contributed by atoms with van der Waals surface area (Å²) in [6, 6.07) is 18.5. The maximum atomic E-state index is 13.7. The molecule has 0 fully saturated rings. The number of halogens is 1. The first-order valence-electron chi connectivity index (χ1n) is 11.5. The summed E-state index contributed by atoms with van der Waals surface area (Å²) in [5, 5.41) is 7.46. The molecule has 3 heterocycles. The van der Waals surface area contributed by atoms with Crippen molar-refractivity contribution in [2.45, 2.75) is 32.1 Å². The largest absolute Gasteiger partial charge is 0.497 e. The molecule has 0 bridgehead atoms. The van der Waals surface area contributed by atoms with Crippen LogP contribution in [0, 0.1) is 5.82 Å². The number of amides is 2. The van der Waals surface area contributed by atoms with Crippen LogP contribution in [0.25, 0.3) is 11.5 Å². The van der Waals surface area contributed by atoms with E-state index >= 15 is 0 Å². The third-order valence-corrected chi connectivity index (χ3v) is 6.43. The Morgan fingerprint density at radius 1 is 1.14 bits per heavy atom. The number of nitrogens with zero attached hydrogens (tertiary/aromatic N) is 3. The summed E-state index contributed by atoms with van der Waals surface area (Å²) in [7, 11) is 1.59. The molecular weight excluding hydrogens is 463 g/mol. The molecule has 0 saturated carbocycles. The van der Waals surface area contributed by atoms with Crippen molar-refractivity contribution in [3.63, 3.8) is 0 Å². The zero-order chi connectivity index (χ0) is 25.3. The van der Waals surface area contributed by atoms with Gasteiger partial charge >= 0.3 is 0 Å². The van der Waals surface area contributed by atoms with Crippen molar-refractivity contribution >= 4 is 11.8 Å². The second-order valence-electron chi connectivity index (χ2n) is 8.87. The van der Waals surface area contributed by atoms with Gasteiger partial charge in [0.15, 0.2) is 5.76 Å². The summed E-state index contributed by atoms with van der Waals surface area (Å²) in [6.45, 7) is 2.29. The highest BCUT2D eigenvalue weighted by Gasteiger charge is 2.48. The molecule has 1 aliphatic rings. The van der Waals surface area contributed by atoms with E-state index in [2.05, 4.69) is 10.4 Å². The predicted molar refractivity (Wildman–Crippen MR) is 129 cm³/mol. The minimum absolute atomic E-state index is 0.153. The molecule has 0 aliphatic carbocycles. The van der Waals surface area contributed by atoms with Crippen LogP contribution in [0.15, 0.2) is 77.4 Å². The molecular formula is C27H25FN4O4. The fraction of sp³-hybridized carbons (Fsp3) is 0.222. The van der Waals surface area contributed by atoms with E-state index in [1.54, 1.807) is 60.2 Å². The lowest BCUT2D eigenvalue weighted by atomic mass is 9.94.